The van der Waals surface area contributed by atoms with Crippen molar-refractivity contribution < 1.29 is 13.6 Å². The molecule has 1 saturated heterocycles. The molecule has 0 radical (unpaired) electrons. The maximum absolute atomic E-state index is 13.8. The molecule has 0 bridgehead atoms. The molecule has 1 fully saturated rings. The summed E-state index contributed by atoms with van der Waals surface area (Å²) in [6, 6.07) is 3.72. The monoisotopic (exact) mass is 430 g/mol. The van der Waals surface area contributed by atoms with Gasteiger partial charge in [0.1, 0.15) is 5.82 Å². The second-order valence-electron chi connectivity index (χ2n) is 7.85. The van der Waals surface area contributed by atoms with E-state index >= 15 is 0 Å². The average Bonchev–Trinajstić information content (AvgIpc) is 3.27. The zero-order chi connectivity index (χ0) is 22.3. The first-order chi connectivity index (χ1) is 14.7. The highest BCUT2D eigenvalue weighted by Crippen LogP contribution is 2.33. The molecule has 0 spiro atoms. The number of carbonyl (C=O) groups excluding carboxylic acids is 1. The van der Waals surface area contributed by atoms with E-state index in [1.165, 1.54) is 23.9 Å². The van der Waals surface area contributed by atoms with Gasteiger partial charge in [-0.1, -0.05) is 0 Å². The number of fused-ring (bicyclic) bond motifs is 1. The highest BCUT2D eigenvalue weighted by Gasteiger charge is 2.32. The Balaban J connectivity index is 1.89. The van der Waals surface area contributed by atoms with Crippen LogP contribution in [0, 0.1) is 0 Å². The van der Waals surface area contributed by atoms with Gasteiger partial charge in [0.05, 0.1) is 10.9 Å². The number of amides is 1. The van der Waals surface area contributed by atoms with Crippen molar-refractivity contribution in [3.8, 4) is 5.82 Å². The highest BCUT2D eigenvalue weighted by atomic mass is 19.3. The van der Waals surface area contributed by atoms with E-state index in [-0.39, 0.29) is 17.8 Å². The lowest BCUT2D eigenvalue weighted by molar-refractivity contribution is -0.114. The van der Waals surface area contributed by atoms with Gasteiger partial charge in [-0.2, -0.15) is 8.78 Å². The van der Waals surface area contributed by atoms with Crippen molar-refractivity contribution in [2.45, 2.75) is 45.2 Å². The lowest BCUT2D eigenvalue weighted by Gasteiger charge is -2.21. The number of halogens is 2. The van der Waals surface area contributed by atoms with Crippen LogP contribution in [0.25, 0.3) is 16.7 Å². The molecule has 11 heteroatoms. The number of likely N-dealkylation sites (N-methyl/N-ethyl adjacent to an activating group) is 1. The van der Waals surface area contributed by atoms with Crippen LogP contribution in [-0.2, 0) is 10.7 Å². The predicted molar refractivity (Wildman–Crippen MR) is 113 cm³/mol. The smallest absolute Gasteiger partial charge is 0.303 e. The maximum atomic E-state index is 13.8. The molecular formula is C20H24F2N8O. The van der Waals surface area contributed by atoms with Crippen LogP contribution in [0.4, 0.5) is 20.4 Å². The summed E-state index contributed by atoms with van der Waals surface area (Å²) in [6.07, 6.45) is 3.87. The van der Waals surface area contributed by atoms with E-state index in [2.05, 4.69) is 37.4 Å². The van der Waals surface area contributed by atoms with Gasteiger partial charge in [0.25, 0.3) is 0 Å². The van der Waals surface area contributed by atoms with E-state index in [1.54, 1.807) is 12.3 Å². The summed E-state index contributed by atoms with van der Waals surface area (Å²) in [6.45, 7) is 5.00. The van der Waals surface area contributed by atoms with Crippen molar-refractivity contribution in [2.75, 3.05) is 23.8 Å². The van der Waals surface area contributed by atoms with Crippen molar-refractivity contribution in [2.24, 2.45) is 0 Å². The summed E-state index contributed by atoms with van der Waals surface area (Å²) in [4.78, 5) is 25.7. The second-order valence-corrected chi connectivity index (χ2v) is 7.85. The largest absolute Gasteiger partial charge is 0.350 e. The number of hydrogen-bond acceptors (Lipinski definition) is 7. The third-order valence-corrected chi connectivity index (χ3v) is 5.36. The van der Waals surface area contributed by atoms with Crippen LogP contribution in [0.2, 0.25) is 0 Å². The Morgan fingerprint density at radius 3 is 2.74 bits per heavy atom. The fourth-order valence-electron chi connectivity index (χ4n) is 3.84. The van der Waals surface area contributed by atoms with Crippen LogP contribution >= 0.6 is 0 Å². The van der Waals surface area contributed by atoms with Gasteiger partial charge in [0.2, 0.25) is 11.7 Å². The minimum atomic E-state index is -3.19. The quantitative estimate of drug-likeness (QED) is 0.641. The van der Waals surface area contributed by atoms with Crippen LogP contribution in [-0.4, -0.2) is 56.3 Å². The lowest BCUT2D eigenvalue weighted by Crippen LogP contribution is -2.31. The number of aromatic nitrogens is 5. The molecule has 1 amide bonds. The van der Waals surface area contributed by atoms with Gasteiger partial charge in [-0.15, -0.1) is 5.10 Å². The molecule has 9 nitrogen and oxygen atoms in total. The Morgan fingerprint density at radius 1 is 1.32 bits per heavy atom. The Labute approximate surface area is 177 Å². The normalized spacial score (nSPS) is 19.2. The zero-order valence-corrected chi connectivity index (χ0v) is 17.7. The third kappa shape index (κ3) is 4.05. The summed E-state index contributed by atoms with van der Waals surface area (Å²) in [5, 5.41) is 11.4. The van der Waals surface area contributed by atoms with Gasteiger partial charge in [0, 0.05) is 57.0 Å². The van der Waals surface area contributed by atoms with Gasteiger partial charge in [-0.3, -0.25) is 4.79 Å². The molecule has 4 heterocycles. The van der Waals surface area contributed by atoms with Crippen molar-refractivity contribution in [3.63, 3.8) is 0 Å². The standard InChI is InChI=1S/C20H24F2N8O/c1-11-7-13(23-4)10-29(11)18-14-9-25-16(26-12(2)31)8-15(14)30(28-18)17-5-6-24-19(27-17)20(3,21)22/h5-6,8-9,11,13,23H,7,10H2,1-4H3,(H,25,26,31). The number of anilines is 2. The van der Waals surface area contributed by atoms with E-state index in [9.17, 15) is 13.6 Å². The molecule has 1 aliphatic heterocycles. The Morgan fingerprint density at radius 2 is 2.10 bits per heavy atom. The van der Waals surface area contributed by atoms with Gasteiger partial charge in [-0.25, -0.2) is 19.6 Å². The topological polar surface area (TPSA) is 101 Å². The SMILES string of the molecule is CNC1CC(C)N(c2nn(-c3ccnc(C(C)(F)F)n3)c3cc(NC(C)=O)ncc23)C1. The minimum absolute atomic E-state index is 0.208. The van der Waals surface area contributed by atoms with Gasteiger partial charge >= 0.3 is 5.92 Å². The van der Waals surface area contributed by atoms with Crippen LogP contribution in [0.3, 0.4) is 0 Å². The molecule has 3 aromatic heterocycles. The molecule has 164 valence electrons. The first-order valence-corrected chi connectivity index (χ1v) is 9.99. The summed E-state index contributed by atoms with van der Waals surface area (Å²) >= 11 is 0. The summed E-state index contributed by atoms with van der Waals surface area (Å²) in [7, 11) is 1.92. The first-order valence-electron chi connectivity index (χ1n) is 9.99. The van der Waals surface area contributed by atoms with E-state index in [1.807, 2.05) is 7.05 Å². The maximum Gasteiger partial charge on any atom is 0.303 e. The molecule has 2 atom stereocenters. The number of hydrogen-bond donors (Lipinski definition) is 2. The summed E-state index contributed by atoms with van der Waals surface area (Å²) < 4.78 is 29.2. The third-order valence-electron chi connectivity index (χ3n) is 5.36. The van der Waals surface area contributed by atoms with Gasteiger partial charge in [-0.05, 0) is 20.4 Å². The zero-order valence-electron chi connectivity index (χ0n) is 17.7. The van der Waals surface area contributed by atoms with Gasteiger partial charge < -0.3 is 15.5 Å². The number of nitrogens with zero attached hydrogens (tertiary/aromatic N) is 6. The molecule has 0 saturated carbocycles. The summed E-state index contributed by atoms with van der Waals surface area (Å²) in [5.74, 6) is -2.81. The number of pyridine rings is 1. The fourth-order valence-corrected chi connectivity index (χ4v) is 3.84. The number of alkyl halides is 2. The van der Waals surface area contributed by atoms with Crippen LogP contribution in [0.5, 0.6) is 0 Å². The lowest BCUT2D eigenvalue weighted by atomic mass is 10.2. The Hall–Kier alpha value is -3.21. The first kappa shape index (κ1) is 21.0. The molecule has 0 aliphatic carbocycles. The average molecular weight is 430 g/mol. The number of nitrogens with one attached hydrogen (secondary N) is 2. The Bertz CT molecular complexity index is 1130. The summed E-state index contributed by atoms with van der Waals surface area (Å²) in [5.41, 5.74) is 0.595. The second kappa shape index (κ2) is 7.80. The van der Waals surface area contributed by atoms with Crippen LogP contribution in [0.15, 0.2) is 24.5 Å². The molecule has 4 rings (SSSR count). The van der Waals surface area contributed by atoms with E-state index in [0.717, 1.165) is 25.3 Å². The van der Waals surface area contributed by atoms with Crippen LogP contribution in [0.1, 0.15) is 33.0 Å². The number of rotatable bonds is 5. The van der Waals surface area contributed by atoms with E-state index in [4.69, 9.17) is 5.10 Å². The molecule has 2 unspecified atom stereocenters. The molecule has 2 N–H and O–H groups in total. The molecule has 31 heavy (non-hydrogen) atoms. The minimum Gasteiger partial charge on any atom is -0.350 e. The number of carbonyl (C=O) groups is 1. The van der Waals surface area contributed by atoms with Crippen molar-refractivity contribution >= 4 is 28.4 Å². The Kier molecular flexibility index (Phi) is 5.29. The predicted octanol–water partition coefficient (Wildman–Crippen LogP) is 2.47. The van der Waals surface area contributed by atoms with Crippen LogP contribution < -0.4 is 15.5 Å². The van der Waals surface area contributed by atoms with E-state index in [0.29, 0.717) is 23.2 Å². The molecule has 0 aromatic carbocycles. The van der Waals surface area contributed by atoms with Crippen molar-refractivity contribution in [1.29, 1.82) is 0 Å². The highest BCUT2D eigenvalue weighted by molar-refractivity contribution is 5.95. The van der Waals surface area contributed by atoms with Crippen molar-refractivity contribution in [1.82, 2.24) is 30.0 Å². The molecule has 1 aliphatic rings. The van der Waals surface area contributed by atoms with Gasteiger partial charge in [0.15, 0.2) is 11.6 Å². The van der Waals surface area contributed by atoms with E-state index < -0.39 is 11.7 Å². The molecule has 3 aromatic rings. The fraction of sp³-hybridized carbons (Fsp3) is 0.450. The van der Waals surface area contributed by atoms with Crippen molar-refractivity contribution in [3.05, 3.63) is 30.4 Å². The molecular weight excluding hydrogens is 406 g/mol.